The molecule has 2 N–H and O–H groups in total. The topological polar surface area (TPSA) is 108 Å². The molecule has 54 heavy (non-hydrogen) atoms. The normalized spacial score (nSPS) is 14.7. The zero-order valence-corrected chi connectivity index (χ0v) is 36.8. The molecule has 8 nitrogen and oxygen atoms in total. The summed E-state index contributed by atoms with van der Waals surface area (Å²) in [7, 11) is 1.26. The average Bonchev–Trinajstić information content (AvgIpc) is 3.12. The van der Waals surface area contributed by atoms with E-state index in [4.69, 9.17) is 9.05 Å². The number of hydrogen-bond donors (Lipinski definition) is 2. The van der Waals surface area contributed by atoms with Gasteiger partial charge in [0.1, 0.15) is 13.2 Å². The minimum absolute atomic E-state index is 0.00176. The Kier molecular flexibility index (Phi) is 36.4. The van der Waals surface area contributed by atoms with Crippen LogP contribution in [0.2, 0.25) is 0 Å². The molecule has 1 amide bonds. The van der Waals surface area contributed by atoms with Crippen LogP contribution in [0.5, 0.6) is 0 Å². The van der Waals surface area contributed by atoms with Gasteiger partial charge in [0.25, 0.3) is 7.82 Å². The van der Waals surface area contributed by atoms with Gasteiger partial charge in [-0.2, -0.15) is 0 Å². The largest absolute Gasteiger partial charge is 0.756 e. The van der Waals surface area contributed by atoms with E-state index in [-0.39, 0.29) is 19.1 Å². The summed E-state index contributed by atoms with van der Waals surface area (Å²) in [5.74, 6) is -0.205. The third-order valence-corrected chi connectivity index (χ3v) is 10.8. The van der Waals surface area contributed by atoms with Gasteiger partial charge in [-0.25, -0.2) is 0 Å². The molecular weight excluding hydrogens is 695 g/mol. The molecule has 0 aromatic heterocycles. The fourth-order valence-corrected chi connectivity index (χ4v) is 6.96. The lowest BCUT2D eigenvalue weighted by atomic mass is 10.0. The Balaban J connectivity index is 3.95. The molecule has 9 heteroatoms. The molecule has 0 radical (unpaired) electrons. The van der Waals surface area contributed by atoms with Crippen molar-refractivity contribution in [3.05, 3.63) is 36.5 Å². The molecule has 318 valence electrons. The lowest BCUT2D eigenvalue weighted by Crippen LogP contribution is -2.45. The van der Waals surface area contributed by atoms with Crippen LogP contribution in [0, 0.1) is 0 Å². The zero-order chi connectivity index (χ0) is 40.0. The van der Waals surface area contributed by atoms with Crippen molar-refractivity contribution in [3.8, 4) is 0 Å². The third-order valence-electron chi connectivity index (χ3n) is 9.84. The van der Waals surface area contributed by atoms with E-state index in [9.17, 15) is 19.4 Å². The first kappa shape index (κ1) is 52.7. The number of nitrogens with one attached hydrogen (secondary N) is 1. The highest BCUT2D eigenvalue weighted by Crippen LogP contribution is 2.38. The summed E-state index contributed by atoms with van der Waals surface area (Å²) in [6.45, 7) is 4.52. The molecule has 0 aromatic rings. The minimum atomic E-state index is -4.57. The molecule has 0 aliphatic heterocycles. The highest BCUT2D eigenvalue weighted by Gasteiger charge is 2.23. The van der Waals surface area contributed by atoms with Crippen molar-refractivity contribution in [2.45, 2.75) is 206 Å². The Morgan fingerprint density at radius 2 is 1.07 bits per heavy atom. The number of carbonyl (C=O) groups is 1. The number of phosphoric acid groups is 1. The second kappa shape index (κ2) is 37.3. The lowest BCUT2D eigenvalue weighted by molar-refractivity contribution is -0.870. The number of phosphoric ester groups is 1. The summed E-state index contributed by atoms with van der Waals surface area (Å²) in [4.78, 5) is 25.1. The highest BCUT2D eigenvalue weighted by molar-refractivity contribution is 7.45. The Labute approximate surface area is 334 Å². The van der Waals surface area contributed by atoms with Gasteiger partial charge in [-0.05, 0) is 51.4 Å². The Bertz CT molecular complexity index is 980. The van der Waals surface area contributed by atoms with Crippen molar-refractivity contribution in [2.75, 3.05) is 40.9 Å². The molecule has 3 unspecified atom stereocenters. The predicted molar refractivity (Wildman–Crippen MR) is 228 cm³/mol. The second-order valence-electron chi connectivity index (χ2n) is 16.4. The summed E-state index contributed by atoms with van der Waals surface area (Å²) in [5.41, 5.74) is 0. The average molecular weight is 783 g/mol. The summed E-state index contributed by atoms with van der Waals surface area (Å²) >= 11 is 0. The third kappa shape index (κ3) is 39.0. The second-order valence-corrected chi connectivity index (χ2v) is 17.8. The molecule has 0 fully saturated rings. The maximum absolute atomic E-state index is 12.7. The number of amides is 1. The van der Waals surface area contributed by atoms with Gasteiger partial charge < -0.3 is 28.8 Å². The summed E-state index contributed by atoms with van der Waals surface area (Å²) in [6.07, 6.45) is 45.4. The minimum Gasteiger partial charge on any atom is -0.756 e. The molecule has 0 aromatic carbocycles. The lowest BCUT2D eigenvalue weighted by Gasteiger charge is -2.29. The van der Waals surface area contributed by atoms with Crippen molar-refractivity contribution >= 4 is 13.7 Å². The summed E-state index contributed by atoms with van der Waals surface area (Å²) in [6, 6.07) is -0.881. The Morgan fingerprint density at radius 1 is 0.648 bits per heavy atom. The Hall–Kier alpha value is -1.28. The maximum Gasteiger partial charge on any atom is 0.268 e. The molecule has 0 aliphatic rings. The number of allylic oxidation sites excluding steroid dienone is 5. The quantitative estimate of drug-likeness (QED) is 0.0277. The molecule has 0 spiro atoms. The van der Waals surface area contributed by atoms with Crippen molar-refractivity contribution < 1.29 is 32.9 Å². The number of likely N-dealkylation sites (N-methyl/N-ethyl adjacent to an activating group) is 1. The summed E-state index contributed by atoms with van der Waals surface area (Å²) < 4.78 is 23.0. The van der Waals surface area contributed by atoms with Crippen LogP contribution in [-0.2, 0) is 18.4 Å². The monoisotopic (exact) mass is 783 g/mol. The van der Waals surface area contributed by atoms with Gasteiger partial charge in [0.2, 0.25) is 5.91 Å². The smallest absolute Gasteiger partial charge is 0.268 e. The Morgan fingerprint density at radius 3 is 1.57 bits per heavy atom. The van der Waals surface area contributed by atoms with E-state index in [1.165, 1.54) is 122 Å². The number of rotatable bonds is 40. The number of hydrogen-bond acceptors (Lipinski definition) is 6. The van der Waals surface area contributed by atoms with E-state index in [0.29, 0.717) is 17.4 Å². The van der Waals surface area contributed by atoms with Crippen LogP contribution in [0.3, 0.4) is 0 Å². The maximum atomic E-state index is 12.7. The molecular formula is C45H87N2O6P. The van der Waals surface area contributed by atoms with Gasteiger partial charge in [-0.1, -0.05) is 172 Å². The van der Waals surface area contributed by atoms with E-state index in [2.05, 4.69) is 43.5 Å². The van der Waals surface area contributed by atoms with Gasteiger partial charge in [-0.3, -0.25) is 9.36 Å². The highest BCUT2D eigenvalue weighted by atomic mass is 31.2. The van der Waals surface area contributed by atoms with Gasteiger partial charge in [0.05, 0.1) is 39.9 Å². The first-order chi connectivity index (χ1) is 26.0. The molecule has 0 rings (SSSR count). The molecule has 0 bridgehead atoms. The van der Waals surface area contributed by atoms with Crippen molar-refractivity contribution in [3.63, 3.8) is 0 Å². The van der Waals surface area contributed by atoms with Crippen LogP contribution >= 0.6 is 7.82 Å². The first-order valence-corrected chi connectivity index (χ1v) is 23.8. The van der Waals surface area contributed by atoms with Crippen LogP contribution in [0.15, 0.2) is 36.5 Å². The first-order valence-electron chi connectivity index (χ1n) is 22.4. The number of unbranched alkanes of at least 4 members (excludes halogenated alkanes) is 23. The van der Waals surface area contributed by atoms with E-state index in [1.807, 2.05) is 27.2 Å². The van der Waals surface area contributed by atoms with Crippen molar-refractivity contribution in [1.82, 2.24) is 5.32 Å². The van der Waals surface area contributed by atoms with Crippen LogP contribution in [-0.4, -0.2) is 68.5 Å². The number of carbonyl (C=O) groups excluding carboxylic acids is 1. The van der Waals surface area contributed by atoms with Gasteiger partial charge in [0.15, 0.2) is 0 Å². The van der Waals surface area contributed by atoms with Crippen LogP contribution in [0.25, 0.3) is 0 Å². The van der Waals surface area contributed by atoms with Gasteiger partial charge in [0, 0.05) is 6.42 Å². The van der Waals surface area contributed by atoms with E-state index < -0.39 is 20.0 Å². The summed E-state index contributed by atoms with van der Waals surface area (Å²) in [5, 5.41) is 13.6. The van der Waals surface area contributed by atoms with Crippen LogP contribution < -0.4 is 10.2 Å². The fraction of sp³-hybridized carbons (Fsp3) is 0.844. The van der Waals surface area contributed by atoms with Crippen molar-refractivity contribution in [2.24, 2.45) is 0 Å². The van der Waals surface area contributed by atoms with E-state index >= 15 is 0 Å². The SMILES string of the molecule is CCCCC/C=C/C(O)C(COP(=O)([O-])OCC[N+](C)(C)C)NC(=O)CCCCCCCCCCCCCCCCC/C=C\C/C=C\CCCCCCC. The molecule has 0 saturated carbocycles. The van der Waals surface area contributed by atoms with Crippen LogP contribution in [0.4, 0.5) is 0 Å². The molecule has 0 heterocycles. The van der Waals surface area contributed by atoms with Gasteiger partial charge >= 0.3 is 0 Å². The standard InChI is InChI=1S/C45H87N2O6P/c1-6-8-10-12-13-14-15-16-17-18-19-20-21-22-23-24-25-26-27-28-29-30-31-32-33-35-37-39-45(49)46-43(44(48)38-36-34-11-9-7-2)42-53-54(50,51)52-41-40-47(3,4)5/h15-16,18-19,36,38,43-44,48H,6-14,17,20-35,37,39-42H2,1-5H3,(H-,46,49,50,51)/b16-15-,19-18-,38-36+. The predicted octanol–water partition coefficient (Wildman–Crippen LogP) is 11.7. The van der Waals surface area contributed by atoms with Crippen LogP contribution in [0.1, 0.15) is 194 Å². The number of quaternary nitrogens is 1. The van der Waals surface area contributed by atoms with Gasteiger partial charge in [-0.15, -0.1) is 0 Å². The fourth-order valence-electron chi connectivity index (χ4n) is 6.24. The number of nitrogens with zero attached hydrogens (tertiary/aromatic N) is 1. The van der Waals surface area contributed by atoms with Crippen molar-refractivity contribution in [1.29, 1.82) is 0 Å². The zero-order valence-electron chi connectivity index (χ0n) is 35.9. The number of aliphatic hydroxyl groups is 1. The van der Waals surface area contributed by atoms with E-state index in [0.717, 1.165) is 51.4 Å². The number of aliphatic hydroxyl groups excluding tert-OH is 1. The van der Waals surface area contributed by atoms with E-state index in [1.54, 1.807) is 6.08 Å². The molecule has 0 saturated heterocycles. The molecule has 0 aliphatic carbocycles. The molecule has 3 atom stereocenters.